The maximum Gasteiger partial charge on any atom is 0.342 e. The fourth-order valence-electron chi connectivity index (χ4n) is 2.91. The zero-order chi connectivity index (χ0) is 19.9. The van der Waals surface area contributed by atoms with Crippen molar-refractivity contribution in [3.8, 4) is 11.5 Å². The summed E-state index contributed by atoms with van der Waals surface area (Å²) in [7, 11) is -0.471. The number of carbonyl (C=O) groups is 1. The van der Waals surface area contributed by atoms with Gasteiger partial charge in [-0.05, 0) is 50.4 Å². The second kappa shape index (κ2) is 7.10. The molecule has 0 amide bonds. The summed E-state index contributed by atoms with van der Waals surface area (Å²) in [5.41, 5.74) is 4.48. The number of hydrogen-bond donors (Lipinski definition) is 0. The first-order valence-electron chi connectivity index (χ1n) is 9.13. The second-order valence-corrected chi connectivity index (χ2v) is 13.4. The molecule has 0 atom stereocenters. The molecule has 0 aliphatic carbocycles. The van der Waals surface area contributed by atoms with Gasteiger partial charge in [0.2, 0.25) is 0 Å². The summed E-state index contributed by atoms with van der Waals surface area (Å²) in [4.78, 5) is 12.5. The summed E-state index contributed by atoms with van der Waals surface area (Å²) in [6, 6.07) is 0. The van der Waals surface area contributed by atoms with Gasteiger partial charge >= 0.3 is 5.97 Å². The minimum absolute atomic E-state index is 0.0200. The van der Waals surface area contributed by atoms with Crippen LogP contribution in [0.5, 0.6) is 11.5 Å². The van der Waals surface area contributed by atoms with E-state index in [0.29, 0.717) is 11.3 Å². The molecule has 0 bridgehead atoms. The molecule has 0 spiro atoms. The summed E-state index contributed by atoms with van der Waals surface area (Å²) in [6.45, 7) is 19.2. The molecule has 1 aromatic rings. The van der Waals surface area contributed by atoms with E-state index >= 15 is 0 Å². The van der Waals surface area contributed by atoms with E-state index < -0.39 is 8.32 Å². The maximum atomic E-state index is 12.5. The highest BCUT2D eigenvalue weighted by Crippen LogP contribution is 2.46. The topological polar surface area (TPSA) is 44.8 Å². The molecule has 0 fully saturated rings. The van der Waals surface area contributed by atoms with Gasteiger partial charge < -0.3 is 13.9 Å². The molecular weight excluding hydrogens is 344 g/mol. The molecule has 1 aromatic carbocycles. The zero-order valence-corrected chi connectivity index (χ0v) is 18.5. The largest absolute Gasteiger partial charge is 0.543 e. The van der Waals surface area contributed by atoms with Crippen molar-refractivity contribution in [3.63, 3.8) is 0 Å². The molecule has 1 heterocycles. The van der Waals surface area contributed by atoms with Gasteiger partial charge in [0.05, 0.1) is 7.11 Å². The number of benzene rings is 1. The van der Waals surface area contributed by atoms with Crippen molar-refractivity contribution in [2.45, 2.75) is 72.2 Å². The number of methoxy groups -OCH3 is 1. The van der Waals surface area contributed by atoms with Crippen molar-refractivity contribution < 1.29 is 18.7 Å². The van der Waals surface area contributed by atoms with Crippen LogP contribution in [0.4, 0.5) is 0 Å². The molecule has 5 heteroatoms. The molecule has 4 nitrogen and oxygen atoms in total. The van der Waals surface area contributed by atoms with Crippen LogP contribution in [-0.4, -0.2) is 21.4 Å². The number of carbonyl (C=O) groups excluding carboxylic acids is 1. The Hall–Kier alpha value is -1.75. The van der Waals surface area contributed by atoms with Gasteiger partial charge in [0.25, 0.3) is 8.32 Å². The van der Waals surface area contributed by atoms with E-state index in [1.165, 1.54) is 0 Å². The van der Waals surface area contributed by atoms with E-state index in [2.05, 4.69) is 40.4 Å². The van der Waals surface area contributed by atoms with E-state index in [1.54, 1.807) is 7.11 Å². The number of hydrogen-bond acceptors (Lipinski definition) is 4. The van der Waals surface area contributed by atoms with Gasteiger partial charge in [0, 0.05) is 11.1 Å². The average Bonchev–Trinajstić information content (AvgIpc) is 2.89. The minimum atomic E-state index is -2.14. The molecule has 0 saturated carbocycles. The predicted molar refractivity (Wildman–Crippen MR) is 108 cm³/mol. The normalized spacial score (nSPS) is 14.1. The van der Waals surface area contributed by atoms with Gasteiger partial charge in [0.1, 0.15) is 23.7 Å². The third-order valence-electron chi connectivity index (χ3n) is 5.59. The zero-order valence-electron chi connectivity index (χ0n) is 17.5. The predicted octanol–water partition coefficient (Wildman–Crippen LogP) is 5.57. The maximum absolute atomic E-state index is 12.5. The van der Waals surface area contributed by atoms with Gasteiger partial charge in [-0.1, -0.05) is 26.3 Å². The van der Waals surface area contributed by atoms with Crippen LogP contribution >= 0.6 is 0 Å². The van der Waals surface area contributed by atoms with Crippen molar-refractivity contribution in [3.05, 3.63) is 34.4 Å². The van der Waals surface area contributed by atoms with E-state index in [9.17, 15) is 4.79 Å². The lowest BCUT2D eigenvalue weighted by atomic mass is 9.94. The minimum Gasteiger partial charge on any atom is -0.543 e. The highest BCUT2D eigenvalue weighted by molar-refractivity contribution is 6.74. The van der Waals surface area contributed by atoms with Gasteiger partial charge in [-0.15, -0.1) is 6.58 Å². The first-order chi connectivity index (χ1) is 11.9. The van der Waals surface area contributed by atoms with Crippen LogP contribution in [0.25, 0.3) is 0 Å². The highest BCUT2D eigenvalue weighted by atomic mass is 28.4. The fraction of sp³-hybridized carbons (Fsp3) is 0.571. The van der Waals surface area contributed by atoms with Crippen LogP contribution < -0.4 is 9.16 Å². The number of esters is 1. The fourth-order valence-corrected chi connectivity index (χ4v) is 3.95. The van der Waals surface area contributed by atoms with E-state index in [-0.39, 0.29) is 17.6 Å². The molecule has 0 aromatic heterocycles. The molecule has 26 heavy (non-hydrogen) atoms. The van der Waals surface area contributed by atoms with Crippen LogP contribution in [0.2, 0.25) is 18.1 Å². The van der Waals surface area contributed by atoms with Crippen molar-refractivity contribution >= 4 is 14.3 Å². The number of ether oxygens (including phenoxy) is 2. The van der Waals surface area contributed by atoms with E-state index in [0.717, 1.165) is 40.9 Å². The first-order valence-corrected chi connectivity index (χ1v) is 12.0. The van der Waals surface area contributed by atoms with Crippen molar-refractivity contribution in [2.75, 3.05) is 7.11 Å². The SMILES string of the molecule is C=C(C)CCc1c(OC)c(C)c2c(c1O[Si](C)(C)C(C)(C)C)C(=O)OC2. The molecule has 1 aliphatic heterocycles. The molecule has 2 rings (SSSR count). The standard InChI is InChI=1S/C21H32O4Si/c1-13(2)10-11-15-18(23-7)14(3)16-12-24-20(22)17(16)19(15)25-26(8,9)21(4,5)6/h1,10-12H2,2-9H3. The van der Waals surface area contributed by atoms with Crippen molar-refractivity contribution in [1.82, 2.24) is 0 Å². The molecule has 0 radical (unpaired) electrons. The summed E-state index contributed by atoms with van der Waals surface area (Å²) in [5.74, 6) is 1.17. The van der Waals surface area contributed by atoms with E-state index in [1.807, 2.05) is 13.8 Å². The first kappa shape index (κ1) is 20.6. The molecule has 0 unspecified atom stereocenters. The summed E-state index contributed by atoms with van der Waals surface area (Å²) in [5, 5.41) is 0.0200. The van der Waals surface area contributed by atoms with Gasteiger partial charge in [-0.3, -0.25) is 0 Å². The van der Waals surface area contributed by atoms with Crippen LogP contribution in [-0.2, 0) is 17.8 Å². The molecular formula is C21H32O4Si. The smallest absolute Gasteiger partial charge is 0.342 e. The Morgan fingerprint density at radius 1 is 1.27 bits per heavy atom. The number of rotatable bonds is 6. The van der Waals surface area contributed by atoms with Gasteiger partial charge in [0.15, 0.2) is 0 Å². The van der Waals surface area contributed by atoms with Gasteiger partial charge in [-0.25, -0.2) is 4.79 Å². The lowest BCUT2D eigenvalue weighted by Gasteiger charge is -2.38. The number of cyclic esters (lactones) is 1. The molecule has 0 saturated heterocycles. The van der Waals surface area contributed by atoms with Crippen molar-refractivity contribution in [2.24, 2.45) is 0 Å². The third-order valence-corrected chi connectivity index (χ3v) is 9.92. The van der Waals surface area contributed by atoms with Crippen molar-refractivity contribution in [1.29, 1.82) is 0 Å². The Bertz CT molecular complexity index is 742. The number of allylic oxidation sites excluding steroid dienone is 1. The Labute approximate surface area is 158 Å². The lowest BCUT2D eigenvalue weighted by molar-refractivity contribution is 0.0533. The monoisotopic (exact) mass is 376 g/mol. The Morgan fingerprint density at radius 3 is 2.38 bits per heavy atom. The third kappa shape index (κ3) is 3.68. The molecule has 1 aliphatic rings. The van der Waals surface area contributed by atoms with Gasteiger partial charge in [-0.2, -0.15) is 0 Å². The Balaban J connectivity index is 2.72. The van der Waals surface area contributed by atoms with Crippen LogP contribution in [0.15, 0.2) is 12.2 Å². The lowest BCUT2D eigenvalue weighted by Crippen LogP contribution is -2.44. The highest BCUT2D eigenvalue weighted by Gasteiger charge is 2.42. The number of fused-ring (bicyclic) bond motifs is 1. The van der Waals surface area contributed by atoms with E-state index in [4.69, 9.17) is 13.9 Å². The molecule has 144 valence electrons. The Morgan fingerprint density at radius 2 is 1.88 bits per heavy atom. The van der Waals surface area contributed by atoms with Crippen LogP contribution in [0.1, 0.15) is 61.2 Å². The Kier molecular flexibility index (Phi) is 5.62. The second-order valence-electron chi connectivity index (χ2n) is 8.72. The summed E-state index contributed by atoms with van der Waals surface area (Å²) < 4.78 is 17.8. The quantitative estimate of drug-likeness (QED) is 0.370. The summed E-state index contributed by atoms with van der Waals surface area (Å²) >= 11 is 0. The summed E-state index contributed by atoms with van der Waals surface area (Å²) in [6.07, 6.45) is 1.54. The molecule has 0 N–H and O–H groups in total. The van der Waals surface area contributed by atoms with Crippen LogP contribution in [0.3, 0.4) is 0 Å². The average molecular weight is 377 g/mol. The van der Waals surface area contributed by atoms with Crippen LogP contribution in [0, 0.1) is 6.92 Å².